The van der Waals surface area contributed by atoms with Crippen LogP contribution in [-0.4, -0.2) is 28.4 Å². The predicted octanol–water partition coefficient (Wildman–Crippen LogP) is 3.61. The van der Waals surface area contributed by atoms with Crippen LogP contribution in [0.3, 0.4) is 0 Å². The maximum absolute atomic E-state index is 12.5. The van der Waals surface area contributed by atoms with Crippen molar-refractivity contribution in [1.29, 1.82) is 0 Å². The molecular weight excluding hydrogens is 292 g/mol. The number of aromatic nitrogens is 1. The normalized spacial score (nSPS) is 23.6. The van der Waals surface area contributed by atoms with Crippen LogP contribution in [0.4, 0.5) is 0 Å². The fourth-order valence-electron chi connectivity index (χ4n) is 3.66. The lowest BCUT2D eigenvalue weighted by Gasteiger charge is -2.29. The maximum atomic E-state index is 12.5. The lowest BCUT2D eigenvalue weighted by molar-refractivity contribution is -0.132. The standard InChI is InChI=1S/C15H21ClN2OS/c16-9-12-10-20-14(17-12)8-15(19)18-7-3-6-13(18)11-4-1-2-5-11/h10-11,13H,1-9H2. The number of hydrogen-bond donors (Lipinski definition) is 0. The molecule has 1 aromatic heterocycles. The second-order valence-corrected chi connectivity index (χ2v) is 7.09. The molecule has 1 atom stereocenters. The average molecular weight is 313 g/mol. The summed E-state index contributed by atoms with van der Waals surface area (Å²) in [6.07, 6.45) is 8.11. The summed E-state index contributed by atoms with van der Waals surface area (Å²) in [5, 5.41) is 2.86. The minimum absolute atomic E-state index is 0.259. The smallest absolute Gasteiger partial charge is 0.229 e. The van der Waals surface area contributed by atoms with Gasteiger partial charge in [-0.25, -0.2) is 4.98 Å². The first-order chi connectivity index (χ1) is 9.78. The molecule has 1 aromatic rings. The minimum atomic E-state index is 0.259. The molecular formula is C15H21ClN2OS. The van der Waals surface area contributed by atoms with Gasteiger partial charge in [0.05, 0.1) is 18.0 Å². The summed E-state index contributed by atoms with van der Waals surface area (Å²) in [5.41, 5.74) is 0.883. The number of alkyl halides is 1. The van der Waals surface area contributed by atoms with E-state index < -0.39 is 0 Å². The molecule has 3 nitrogen and oxygen atoms in total. The highest BCUT2D eigenvalue weighted by atomic mass is 35.5. The van der Waals surface area contributed by atoms with Crippen LogP contribution in [0.1, 0.15) is 49.2 Å². The molecule has 5 heteroatoms. The van der Waals surface area contributed by atoms with Gasteiger partial charge in [-0.05, 0) is 31.6 Å². The summed E-state index contributed by atoms with van der Waals surface area (Å²) >= 11 is 7.31. The van der Waals surface area contributed by atoms with Crippen LogP contribution in [0.25, 0.3) is 0 Å². The zero-order valence-electron chi connectivity index (χ0n) is 11.7. The molecule has 0 aromatic carbocycles. The number of likely N-dealkylation sites (tertiary alicyclic amines) is 1. The van der Waals surface area contributed by atoms with Crippen molar-refractivity contribution >= 4 is 28.8 Å². The number of halogens is 1. The highest BCUT2D eigenvalue weighted by Gasteiger charge is 2.35. The van der Waals surface area contributed by atoms with E-state index in [-0.39, 0.29) is 5.91 Å². The van der Waals surface area contributed by atoms with Crippen LogP contribution in [0.15, 0.2) is 5.38 Å². The fourth-order valence-corrected chi connectivity index (χ4v) is 4.67. The first kappa shape index (κ1) is 14.3. The zero-order valence-corrected chi connectivity index (χ0v) is 13.3. The fraction of sp³-hybridized carbons (Fsp3) is 0.733. The quantitative estimate of drug-likeness (QED) is 0.796. The third-order valence-corrected chi connectivity index (χ3v) is 5.77. The van der Waals surface area contributed by atoms with E-state index in [1.54, 1.807) is 11.3 Å². The van der Waals surface area contributed by atoms with Crippen molar-refractivity contribution in [2.75, 3.05) is 6.54 Å². The molecule has 3 rings (SSSR count). The van der Waals surface area contributed by atoms with Gasteiger partial charge in [0.25, 0.3) is 0 Å². The summed E-state index contributed by atoms with van der Waals surface area (Å²) in [4.78, 5) is 19.1. The second kappa shape index (κ2) is 6.44. The van der Waals surface area contributed by atoms with E-state index in [0.717, 1.165) is 29.6 Å². The molecule has 0 spiro atoms. The lowest BCUT2D eigenvalue weighted by atomic mass is 9.96. The first-order valence-corrected chi connectivity index (χ1v) is 8.98. The van der Waals surface area contributed by atoms with Gasteiger partial charge in [-0.3, -0.25) is 4.79 Å². The van der Waals surface area contributed by atoms with Crippen molar-refractivity contribution in [1.82, 2.24) is 9.88 Å². The molecule has 2 aliphatic rings. The Hall–Kier alpha value is -0.610. The summed E-state index contributed by atoms with van der Waals surface area (Å²) in [6, 6.07) is 0.498. The van der Waals surface area contributed by atoms with Gasteiger partial charge in [0.2, 0.25) is 5.91 Å². The van der Waals surface area contributed by atoms with Gasteiger partial charge < -0.3 is 4.90 Å². The Morgan fingerprint density at radius 3 is 2.85 bits per heavy atom. The molecule has 0 bridgehead atoms. The van der Waals surface area contributed by atoms with E-state index in [0.29, 0.717) is 18.3 Å². The molecule has 0 N–H and O–H groups in total. The van der Waals surface area contributed by atoms with Crippen molar-refractivity contribution < 1.29 is 4.79 Å². The first-order valence-electron chi connectivity index (χ1n) is 7.56. The third-order valence-electron chi connectivity index (χ3n) is 4.60. The zero-order chi connectivity index (χ0) is 13.9. The van der Waals surface area contributed by atoms with Crippen molar-refractivity contribution in [2.24, 2.45) is 5.92 Å². The van der Waals surface area contributed by atoms with E-state index in [2.05, 4.69) is 9.88 Å². The molecule has 2 fully saturated rings. The van der Waals surface area contributed by atoms with E-state index in [1.165, 1.54) is 32.1 Å². The number of carbonyl (C=O) groups is 1. The van der Waals surface area contributed by atoms with E-state index in [4.69, 9.17) is 11.6 Å². The second-order valence-electron chi connectivity index (χ2n) is 5.88. The monoisotopic (exact) mass is 312 g/mol. The van der Waals surface area contributed by atoms with E-state index >= 15 is 0 Å². The summed E-state index contributed by atoms with van der Waals surface area (Å²) in [7, 11) is 0. The van der Waals surface area contributed by atoms with Crippen molar-refractivity contribution in [2.45, 2.75) is 56.9 Å². The molecule has 2 heterocycles. The Morgan fingerprint density at radius 1 is 1.35 bits per heavy atom. The number of carbonyl (C=O) groups excluding carboxylic acids is 1. The number of nitrogens with zero attached hydrogens (tertiary/aromatic N) is 2. The van der Waals surface area contributed by atoms with Gasteiger partial charge in [0.15, 0.2) is 0 Å². The maximum Gasteiger partial charge on any atom is 0.229 e. The lowest BCUT2D eigenvalue weighted by Crippen LogP contribution is -2.40. The molecule has 1 aliphatic heterocycles. The molecule has 1 aliphatic carbocycles. The van der Waals surface area contributed by atoms with Crippen LogP contribution in [0.5, 0.6) is 0 Å². The molecule has 1 unspecified atom stereocenters. The Labute approximate surface area is 129 Å². The molecule has 1 amide bonds. The minimum Gasteiger partial charge on any atom is -0.339 e. The van der Waals surface area contributed by atoms with Gasteiger partial charge >= 0.3 is 0 Å². The van der Waals surface area contributed by atoms with Gasteiger partial charge in [-0.1, -0.05) is 12.8 Å². The van der Waals surface area contributed by atoms with Gasteiger partial charge in [0, 0.05) is 18.0 Å². The van der Waals surface area contributed by atoms with Crippen LogP contribution >= 0.6 is 22.9 Å². The Balaban J connectivity index is 1.63. The number of rotatable bonds is 4. The number of hydrogen-bond acceptors (Lipinski definition) is 3. The van der Waals surface area contributed by atoms with E-state index in [9.17, 15) is 4.79 Å². The molecule has 1 saturated heterocycles. The predicted molar refractivity (Wildman–Crippen MR) is 82.1 cm³/mol. The van der Waals surface area contributed by atoms with Crippen LogP contribution in [-0.2, 0) is 17.1 Å². The summed E-state index contributed by atoms with van der Waals surface area (Å²) in [5.74, 6) is 1.44. The molecule has 20 heavy (non-hydrogen) atoms. The Kier molecular flexibility index (Phi) is 4.61. The van der Waals surface area contributed by atoms with Gasteiger partial charge in [-0.2, -0.15) is 0 Å². The average Bonchev–Trinajstić information content (AvgIpc) is 3.19. The molecule has 110 valence electrons. The summed E-state index contributed by atoms with van der Waals surface area (Å²) in [6.45, 7) is 0.938. The SMILES string of the molecule is O=C(Cc1nc(CCl)cs1)N1CCCC1C1CCCC1. The Morgan fingerprint density at radius 2 is 2.15 bits per heavy atom. The topological polar surface area (TPSA) is 33.2 Å². The van der Waals surface area contributed by atoms with Crippen LogP contribution < -0.4 is 0 Å². The summed E-state index contributed by atoms with van der Waals surface area (Å²) < 4.78 is 0. The number of thiazole rings is 1. The number of amides is 1. The van der Waals surface area contributed by atoms with Gasteiger partial charge in [-0.15, -0.1) is 22.9 Å². The highest BCUT2D eigenvalue weighted by molar-refractivity contribution is 7.09. The largest absolute Gasteiger partial charge is 0.339 e. The molecule has 0 radical (unpaired) electrons. The van der Waals surface area contributed by atoms with Crippen molar-refractivity contribution in [3.63, 3.8) is 0 Å². The highest BCUT2D eigenvalue weighted by Crippen LogP contribution is 2.35. The van der Waals surface area contributed by atoms with Crippen LogP contribution in [0, 0.1) is 5.92 Å². The van der Waals surface area contributed by atoms with Crippen molar-refractivity contribution in [3.8, 4) is 0 Å². The van der Waals surface area contributed by atoms with Crippen molar-refractivity contribution in [3.05, 3.63) is 16.1 Å². The van der Waals surface area contributed by atoms with Gasteiger partial charge in [0.1, 0.15) is 5.01 Å². The third kappa shape index (κ3) is 3.01. The van der Waals surface area contributed by atoms with Crippen LogP contribution in [0.2, 0.25) is 0 Å². The molecule has 1 saturated carbocycles. The van der Waals surface area contributed by atoms with E-state index in [1.807, 2.05) is 5.38 Å². The Bertz CT molecular complexity index is 470.